The van der Waals surface area contributed by atoms with Gasteiger partial charge in [-0.05, 0) is 19.8 Å². The average molecular weight is 392 g/mol. The van der Waals surface area contributed by atoms with Crippen LogP contribution in [0.2, 0.25) is 0 Å². The van der Waals surface area contributed by atoms with E-state index in [4.69, 9.17) is 10.8 Å². The predicted octanol–water partition coefficient (Wildman–Crippen LogP) is -2.16. The number of hydrogen-bond acceptors (Lipinski definition) is 7. The highest BCUT2D eigenvalue weighted by molar-refractivity contribution is 7.80. The first-order valence-corrected chi connectivity index (χ1v) is 8.74. The van der Waals surface area contributed by atoms with Crippen LogP contribution >= 0.6 is 12.6 Å². The highest BCUT2D eigenvalue weighted by Gasteiger charge is 2.33. The number of thiol groups is 1. The Labute approximate surface area is 157 Å². The van der Waals surface area contributed by atoms with E-state index in [0.717, 1.165) is 0 Å². The van der Waals surface area contributed by atoms with Crippen LogP contribution in [0.1, 0.15) is 27.7 Å². The van der Waals surface area contributed by atoms with Crippen molar-refractivity contribution < 1.29 is 29.4 Å². The number of nitrogens with one attached hydrogen (secondary N) is 3. The summed E-state index contributed by atoms with van der Waals surface area (Å²) in [6.45, 7) is 6.10. The van der Waals surface area contributed by atoms with Crippen LogP contribution < -0.4 is 21.7 Å². The summed E-state index contributed by atoms with van der Waals surface area (Å²) in [6, 6.07) is -4.49. The number of rotatable bonds is 10. The number of aliphatic hydroxyl groups excluding tert-OH is 1. The zero-order valence-electron chi connectivity index (χ0n) is 15.2. The molecule has 0 heterocycles. The Morgan fingerprint density at radius 3 is 1.73 bits per heavy atom. The highest BCUT2D eigenvalue weighted by Crippen LogP contribution is 2.05. The third-order valence-electron chi connectivity index (χ3n) is 3.52. The van der Waals surface area contributed by atoms with Crippen molar-refractivity contribution in [3.63, 3.8) is 0 Å². The standard InChI is InChI=1S/C15H28N4O6S/c1-6(2)10(18-12(21)7(3)16)13(22)19-11(8(4)20)14(23)17-9(5-26)15(24)25/h6-11,20,26H,5,16H2,1-4H3,(H,17,23)(H,18,21)(H,19,22)(H,24,25). The molecule has 0 spiro atoms. The van der Waals surface area contributed by atoms with Crippen LogP contribution in [0.3, 0.4) is 0 Å². The molecule has 0 aliphatic rings. The number of hydrogen-bond donors (Lipinski definition) is 7. The summed E-state index contributed by atoms with van der Waals surface area (Å²) < 4.78 is 0. The van der Waals surface area contributed by atoms with Gasteiger partial charge in [0.2, 0.25) is 17.7 Å². The van der Waals surface area contributed by atoms with Gasteiger partial charge >= 0.3 is 5.97 Å². The fourth-order valence-electron chi connectivity index (χ4n) is 1.91. The third-order valence-corrected chi connectivity index (χ3v) is 3.89. The van der Waals surface area contributed by atoms with E-state index in [-0.39, 0.29) is 11.7 Å². The lowest BCUT2D eigenvalue weighted by atomic mass is 10.0. The molecule has 0 aromatic rings. The highest BCUT2D eigenvalue weighted by atomic mass is 32.1. The lowest BCUT2D eigenvalue weighted by molar-refractivity contribution is -0.142. The molecule has 0 aromatic carbocycles. The van der Waals surface area contributed by atoms with E-state index in [0.29, 0.717) is 0 Å². The number of nitrogens with two attached hydrogens (primary N) is 1. The van der Waals surface area contributed by atoms with Crippen molar-refractivity contribution in [2.75, 3.05) is 5.75 Å². The van der Waals surface area contributed by atoms with Crippen LogP contribution in [-0.4, -0.2) is 69.9 Å². The first kappa shape index (κ1) is 24.1. The summed E-state index contributed by atoms with van der Waals surface area (Å²) in [5.41, 5.74) is 5.47. The molecular formula is C15H28N4O6S. The van der Waals surface area contributed by atoms with Gasteiger partial charge in [0.25, 0.3) is 0 Å². The molecular weight excluding hydrogens is 364 g/mol. The van der Waals surface area contributed by atoms with Gasteiger partial charge in [0.05, 0.1) is 12.1 Å². The van der Waals surface area contributed by atoms with Crippen LogP contribution in [0, 0.1) is 5.92 Å². The average Bonchev–Trinajstić information content (AvgIpc) is 2.53. The van der Waals surface area contributed by atoms with Gasteiger partial charge in [-0.1, -0.05) is 13.8 Å². The zero-order chi connectivity index (χ0) is 20.6. The van der Waals surface area contributed by atoms with E-state index < -0.39 is 54.0 Å². The summed E-state index contributed by atoms with van der Waals surface area (Å²) in [6.07, 6.45) is -1.30. The first-order chi connectivity index (χ1) is 11.9. The topological polar surface area (TPSA) is 171 Å². The molecule has 26 heavy (non-hydrogen) atoms. The quantitative estimate of drug-likeness (QED) is 0.207. The SMILES string of the molecule is CC(N)C(=O)NC(C(=O)NC(C(=O)NC(CS)C(=O)O)C(C)O)C(C)C. The molecule has 0 saturated heterocycles. The minimum absolute atomic E-state index is 0.166. The fourth-order valence-corrected chi connectivity index (χ4v) is 2.16. The summed E-state index contributed by atoms with van der Waals surface area (Å²) >= 11 is 3.83. The second-order valence-electron chi connectivity index (χ2n) is 6.33. The number of amides is 3. The van der Waals surface area contributed by atoms with Gasteiger partial charge in [-0.2, -0.15) is 12.6 Å². The Morgan fingerprint density at radius 2 is 1.38 bits per heavy atom. The Balaban J connectivity index is 5.21. The number of carboxylic acids is 1. The fraction of sp³-hybridized carbons (Fsp3) is 0.733. The van der Waals surface area contributed by atoms with E-state index >= 15 is 0 Å². The van der Waals surface area contributed by atoms with Crippen LogP contribution in [-0.2, 0) is 19.2 Å². The lowest BCUT2D eigenvalue weighted by Gasteiger charge is -2.27. The van der Waals surface area contributed by atoms with Gasteiger partial charge in [0.15, 0.2) is 0 Å². The van der Waals surface area contributed by atoms with Crippen molar-refractivity contribution in [2.24, 2.45) is 11.7 Å². The van der Waals surface area contributed by atoms with Gasteiger partial charge in [-0.15, -0.1) is 0 Å². The van der Waals surface area contributed by atoms with E-state index in [1.165, 1.54) is 13.8 Å². The zero-order valence-corrected chi connectivity index (χ0v) is 16.1. The smallest absolute Gasteiger partial charge is 0.327 e. The molecule has 0 bridgehead atoms. The van der Waals surface area contributed by atoms with Crippen molar-refractivity contribution in [1.29, 1.82) is 0 Å². The van der Waals surface area contributed by atoms with Crippen molar-refractivity contribution in [3.8, 4) is 0 Å². The molecule has 5 atom stereocenters. The largest absolute Gasteiger partial charge is 0.480 e. The van der Waals surface area contributed by atoms with Crippen molar-refractivity contribution in [1.82, 2.24) is 16.0 Å². The van der Waals surface area contributed by atoms with E-state index in [1.54, 1.807) is 13.8 Å². The number of carbonyl (C=O) groups is 4. The predicted molar refractivity (Wildman–Crippen MR) is 97.4 cm³/mol. The Bertz CT molecular complexity index is 526. The van der Waals surface area contributed by atoms with Crippen molar-refractivity contribution in [3.05, 3.63) is 0 Å². The molecule has 0 rings (SSSR count). The molecule has 0 aliphatic heterocycles. The second kappa shape index (κ2) is 11.0. The van der Waals surface area contributed by atoms with Gasteiger partial charge in [0, 0.05) is 5.75 Å². The van der Waals surface area contributed by atoms with Crippen molar-refractivity contribution >= 4 is 36.3 Å². The normalized spacial score (nSPS) is 16.8. The summed E-state index contributed by atoms with van der Waals surface area (Å²) in [5, 5.41) is 25.8. The number of carboxylic acid groups (broad SMARTS) is 1. The molecule has 0 saturated carbocycles. The Hall–Kier alpha value is -1.85. The Morgan fingerprint density at radius 1 is 0.923 bits per heavy atom. The molecule has 150 valence electrons. The van der Waals surface area contributed by atoms with Gasteiger partial charge in [0.1, 0.15) is 18.1 Å². The van der Waals surface area contributed by atoms with Gasteiger partial charge in [-0.25, -0.2) is 4.79 Å². The van der Waals surface area contributed by atoms with Crippen LogP contribution in [0.15, 0.2) is 0 Å². The molecule has 3 amide bonds. The molecule has 0 aromatic heterocycles. The molecule has 0 aliphatic carbocycles. The molecule has 10 nitrogen and oxygen atoms in total. The van der Waals surface area contributed by atoms with Crippen LogP contribution in [0.25, 0.3) is 0 Å². The maximum absolute atomic E-state index is 12.5. The van der Waals surface area contributed by atoms with Crippen LogP contribution in [0.5, 0.6) is 0 Å². The third kappa shape index (κ3) is 7.58. The number of aliphatic carboxylic acids is 1. The summed E-state index contributed by atoms with van der Waals surface area (Å²) in [4.78, 5) is 47.4. The molecule has 5 unspecified atom stereocenters. The maximum atomic E-state index is 12.5. The molecule has 0 fully saturated rings. The van der Waals surface area contributed by atoms with Crippen LogP contribution in [0.4, 0.5) is 0 Å². The van der Waals surface area contributed by atoms with E-state index in [1.807, 2.05) is 0 Å². The van der Waals surface area contributed by atoms with Gasteiger partial charge < -0.3 is 31.9 Å². The van der Waals surface area contributed by atoms with E-state index in [9.17, 15) is 24.3 Å². The number of aliphatic hydroxyl groups is 1. The van der Waals surface area contributed by atoms with Crippen molar-refractivity contribution in [2.45, 2.75) is 58.0 Å². The lowest BCUT2D eigenvalue weighted by Crippen LogP contribution is -2.60. The maximum Gasteiger partial charge on any atom is 0.327 e. The Kier molecular flexibility index (Phi) is 10.2. The minimum atomic E-state index is -1.40. The number of carbonyl (C=O) groups excluding carboxylic acids is 3. The monoisotopic (exact) mass is 392 g/mol. The summed E-state index contributed by atoms with van der Waals surface area (Å²) in [5.74, 6) is -3.91. The molecule has 0 radical (unpaired) electrons. The van der Waals surface area contributed by atoms with Gasteiger partial charge in [-0.3, -0.25) is 14.4 Å². The molecule has 11 heteroatoms. The second-order valence-corrected chi connectivity index (χ2v) is 6.69. The summed E-state index contributed by atoms with van der Waals surface area (Å²) in [7, 11) is 0. The first-order valence-electron chi connectivity index (χ1n) is 8.10. The molecule has 7 N–H and O–H groups in total. The van der Waals surface area contributed by atoms with E-state index in [2.05, 4.69) is 28.6 Å². The minimum Gasteiger partial charge on any atom is -0.480 e.